The van der Waals surface area contributed by atoms with Crippen molar-refractivity contribution in [2.75, 3.05) is 27.2 Å². The molecule has 0 spiro atoms. The van der Waals surface area contributed by atoms with Crippen molar-refractivity contribution in [3.8, 4) is 5.75 Å². The number of rotatable bonds is 6. The van der Waals surface area contributed by atoms with E-state index in [9.17, 15) is 4.79 Å². The second-order valence-electron chi connectivity index (χ2n) is 7.00. The Morgan fingerprint density at radius 1 is 1.31 bits per heavy atom. The van der Waals surface area contributed by atoms with Gasteiger partial charge in [-0.3, -0.25) is 14.4 Å². The first-order valence-electron chi connectivity index (χ1n) is 9.17. The van der Waals surface area contributed by atoms with Crippen LogP contribution in [0.4, 0.5) is 0 Å². The summed E-state index contributed by atoms with van der Waals surface area (Å²) in [6, 6.07) is 10.0. The Bertz CT molecular complexity index is 743. The van der Waals surface area contributed by atoms with Gasteiger partial charge in [0.1, 0.15) is 5.75 Å². The van der Waals surface area contributed by atoms with Crippen molar-refractivity contribution in [2.24, 2.45) is 13.0 Å². The van der Waals surface area contributed by atoms with Crippen LogP contribution < -0.4 is 10.1 Å². The van der Waals surface area contributed by atoms with E-state index in [1.165, 1.54) is 5.69 Å². The highest BCUT2D eigenvalue weighted by Crippen LogP contribution is 2.34. The number of aryl methyl sites for hydroxylation is 1. The second kappa shape index (κ2) is 8.36. The zero-order chi connectivity index (χ0) is 18.5. The van der Waals surface area contributed by atoms with Gasteiger partial charge in [0.2, 0.25) is 5.91 Å². The average Bonchev–Trinajstić information content (AvgIpc) is 3.06. The molecule has 1 amide bonds. The molecule has 1 N–H and O–H groups in total. The highest BCUT2D eigenvalue weighted by atomic mass is 16.5. The van der Waals surface area contributed by atoms with Crippen molar-refractivity contribution in [1.82, 2.24) is 20.0 Å². The first-order chi connectivity index (χ1) is 12.6. The lowest BCUT2D eigenvalue weighted by Crippen LogP contribution is -2.42. The minimum atomic E-state index is 0.0338. The van der Waals surface area contributed by atoms with E-state index in [0.717, 1.165) is 30.7 Å². The van der Waals surface area contributed by atoms with Crippen molar-refractivity contribution < 1.29 is 9.53 Å². The number of likely N-dealkylation sites (tertiary alicyclic amines) is 1. The van der Waals surface area contributed by atoms with Gasteiger partial charge in [0, 0.05) is 25.4 Å². The Labute approximate surface area is 155 Å². The summed E-state index contributed by atoms with van der Waals surface area (Å²) in [5.74, 6) is 1.17. The zero-order valence-corrected chi connectivity index (χ0v) is 15.8. The zero-order valence-electron chi connectivity index (χ0n) is 15.8. The molecule has 3 rings (SSSR count). The fraction of sp³-hybridized carbons (Fsp3) is 0.500. The summed E-state index contributed by atoms with van der Waals surface area (Å²) in [7, 11) is 5.77. The maximum atomic E-state index is 12.5. The lowest BCUT2D eigenvalue weighted by atomic mass is 9.87. The SMILES string of the molecule is COc1ccccc1CC(=O)NC[C@@H]1CCCN(C)[C@H]1c1ccnn1C. The van der Waals surface area contributed by atoms with E-state index in [2.05, 4.69) is 28.4 Å². The molecule has 6 nitrogen and oxygen atoms in total. The van der Waals surface area contributed by atoms with Gasteiger partial charge in [-0.1, -0.05) is 18.2 Å². The summed E-state index contributed by atoms with van der Waals surface area (Å²) in [5.41, 5.74) is 2.12. The monoisotopic (exact) mass is 356 g/mol. The summed E-state index contributed by atoms with van der Waals surface area (Å²) in [6.07, 6.45) is 4.44. The van der Waals surface area contributed by atoms with Crippen LogP contribution in [-0.2, 0) is 18.3 Å². The van der Waals surface area contributed by atoms with Gasteiger partial charge < -0.3 is 10.1 Å². The van der Waals surface area contributed by atoms with Gasteiger partial charge >= 0.3 is 0 Å². The number of ether oxygens (including phenoxy) is 1. The Morgan fingerprint density at radius 3 is 2.85 bits per heavy atom. The van der Waals surface area contributed by atoms with Crippen molar-refractivity contribution >= 4 is 5.91 Å². The summed E-state index contributed by atoms with van der Waals surface area (Å²) in [5, 5.41) is 7.45. The summed E-state index contributed by atoms with van der Waals surface area (Å²) < 4.78 is 7.28. The molecule has 0 unspecified atom stereocenters. The third-order valence-electron chi connectivity index (χ3n) is 5.27. The van der Waals surface area contributed by atoms with Gasteiger partial charge in [-0.25, -0.2) is 0 Å². The molecule has 1 fully saturated rings. The van der Waals surface area contributed by atoms with E-state index in [1.807, 2.05) is 42.2 Å². The highest BCUT2D eigenvalue weighted by molar-refractivity contribution is 5.79. The molecule has 1 saturated heterocycles. The van der Waals surface area contributed by atoms with Crippen molar-refractivity contribution in [3.63, 3.8) is 0 Å². The molecule has 0 radical (unpaired) electrons. The molecule has 0 saturated carbocycles. The predicted octanol–water partition coefficient (Wildman–Crippen LogP) is 2.17. The number of nitrogens with one attached hydrogen (secondary N) is 1. The molecule has 2 heterocycles. The fourth-order valence-corrected chi connectivity index (χ4v) is 3.94. The molecule has 0 aliphatic carbocycles. The van der Waals surface area contributed by atoms with E-state index >= 15 is 0 Å². The van der Waals surface area contributed by atoms with Crippen LogP contribution in [-0.4, -0.2) is 47.8 Å². The van der Waals surface area contributed by atoms with Gasteiger partial charge in [-0.05, 0) is 44.5 Å². The van der Waals surface area contributed by atoms with Crippen LogP contribution in [0.15, 0.2) is 36.5 Å². The first-order valence-corrected chi connectivity index (χ1v) is 9.17. The first kappa shape index (κ1) is 18.5. The largest absolute Gasteiger partial charge is 0.496 e. The minimum absolute atomic E-state index is 0.0338. The number of carbonyl (C=O) groups is 1. The number of para-hydroxylation sites is 1. The molecule has 0 bridgehead atoms. The molecule has 1 aromatic heterocycles. The van der Waals surface area contributed by atoms with E-state index in [0.29, 0.717) is 18.9 Å². The number of methoxy groups -OCH3 is 1. The summed E-state index contributed by atoms with van der Waals surface area (Å²) in [6.45, 7) is 1.75. The average molecular weight is 356 g/mol. The Morgan fingerprint density at radius 2 is 2.12 bits per heavy atom. The third-order valence-corrected chi connectivity index (χ3v) is 5.27. The van der Waals surface area contributed by atoms with Crippen molar-refractivity contribution in [1.29, 1.82) is 0 Å². The van der Waals surface area contributed by atoms with Crippen LogP contribution in [0.2, 0.25) is 0 Å². The summed E-state index contributed by atoms with van der Waals surface area (Å²) >= 11 is 0. The number of aromatic nitrogens is 2. The predicted molar refractivity (Wildman–Crippen MR) is 101 cm³/mol. The molecule has 140 valence electrons. The molecule has 1 aromatic carbocycles. The fourth-order valence-electron chi connectivity index (χ4n) is 3.94. The number of hydrogen-bond donors (Lipinski definition) is 1. The maximum absolute atomic E-state index is 12.5. The van der Waals surface area contributed by atoms with Crippen molar-refractivity contribution in [2.45, 2.75) is 25.3 Å². The van der Waals surface area contributed by atoms with Gasteiger partial charge in [-0.15, -0.1) is 0 Å². The van der Waals surface area contributed by atoms with Gasteiger partial charge in [0.15, 0.2) is 0 Å². The Hall–Kier alpha value is -2.34. The molecular formula is C20H28N4O2. The second-order valence-corrected chi connectivity index (χ2v) is 7.00. The maximum Gasteiger partial charge on any atom is 0.224 e. The lowest BCUT2D eigenvalue weighted by molar-refractivity contribution is -0.120. The van der Waals surface area contributed by atoms with Gasteiger partial charge in [-0.2, -0.15) is 5.10 Å². The van der Waals surface area contributed by atoms with E-state index < -0.39 is 0 Å². The number of hydrogen-bond acceptors (Lipinski definition) is 4. The van der Waals surface area contributed by atoms with Crippen LogP contribution in [0.25, 0.3) is 0 Å². The number of carbonyl (C=O) groups excluding carboxylic acids is 1. The molecule has 26 heavy (non-hydrogen) atoms. The minimum Gasteiger partial charge on any atom is -0.496 e. The highest BCUT2D eigenvalue weighted by Gasteiger charge is 2.32. The molecule has 1 aliphatic rings. The topological polar surface area (TPSA) is 59.4 Å². The number of piperidine rings is 1. The van der Waals surface area contributed by atoms with E-state index in [1.54, 1.807) is 7.11 Å². The van der Waals surface area contributed by atoms with Crippen LogP contribution in [0, 0.1) is 5.92 Å². The van der Waals surface area contributed by atoms with Gasteiger partial charge in [0.25, 0.3) is 0 Å². The van der Waals surface area contributed by atoms with E-state index in [4.69, 9.17) is 4.74 Å². The standard InChI is InChI=1S/C20H28N4O2/c1-23-12-6-8-16(20(23)17-10-11-22-24(17)2)14-21-19(25)13-15-7-4-5-9-18(15)26-3/h4-5,7,9-11,16,20H,6,8,12-14H2,1-3H3,(H,21,25)/t16-,20+/m0/s1. The molecule has 6 heteroatoms. The molecular weight excluding hydrogens is 328 g/mol. The van der Waals surface area contributed by atoms with Crippen LogP contribution >= 0.6 is 0 Å². The van der Waals surface area contributed by atoms with Gasteiger partial charge in [0.05, 0.1) is 25.3 Å². The molecule has 2 atom stereocenters. The summed E-state index contributed by atoms with van der Waals surface area (Å²) in [4.78, 5) is 14.8. The number of amides is 1. The van der Waals surface area contributed by atoms with Crippen LogP contribution in [0.1, 0.15) is 30.1 Å². The smallest absolute Gasteiger partial charge is 0.224 e. The van der Waals surface area contributed by atoms with Crippen LogP contribution in [0.5, 0.6) is 5.75 Å². The number of nitrogens with zero attached hydrogens (tertiary/aromatic N) is 3. The van der Waals surface area contributed by atoms with E-state index in [-0.39, 0.29) is 11.9 Å². The molecule has 1 aliphatic heterocycles. The number of benzene rings is 1. The van der Waals surface area contributed by atoms with Crippen LogP contribution in [0.3, 0.4) is 0 Å². The third kappa shape index (κ3) is 4.07. The Balaban J connectivity index is 1.63. The molecule has 2 aromatic rings. The quantitative estimate of drug-likeness (QED) is 0.862. The van der Waals surface area contributed by atoms with Crippen molar-refractivity contribution in [3.05, 3.63) is 47.8 Å². The lowest BCUT2D eigenvalue weighted by Gasteiger charge is -2.39. The Kier molecular flexibility index (Phi) is 5.93. The normalized spacial score (nSPS) is 20.7.